The van der Waals surface area contributed by atoms with Gasteiger partial charge in [-0.25, -0.2) is 0 Å². The van der Waals surface area contributed by atoms with Crippen LogP contribution in [-0.4, -0.2) is 22.3 Å². The van der Waals surface area contributed by atoms with Gasteiger partial charge in [0.15, 0.2) is 0 Å². The van der Waals surface area contributed by atoms with E-state index < -0.39 is 12.1 Å². The van der Waals surface area contributed by atoms with E-state index in [1.54, 1.807) is 0 Å². The van der Waals surface area contributed by atoms with E-state index in [0.29, 0.717) is 6.42 Å². The molecule has 0 amide bonds. The minimum atomic E-state index is -0.817. The lowest BCUT2D eigenvalue weighted by molar-refractivity contribution is -0.137. The molecule has 0 bridgehead atoms. The minimum Gasteiger partial charge on any atom is -0.481 e. The van der Waals surface area contributed by atoms with Gasteiger partial charge in [-0.15, -0.1) is 0 Å². The van der Waals surface area contributed by atoms with Crippen LogP contribution in [0, 0.1) is 0 Å². The molecule has 1 atom stereocenters. The van der Waals surface area contributed by atoms with E-state index in [2.05, 4.69) is 19.1 Å². The van der Waals surface area contributed by atoms with Gasteiger partial charge in [-0.05, 0) is 38.5 Å². The second-order valence-corrected chi connectivity index (χ2v) is 8.02. The Morgan fingerprint density at radius 1 is 0.704 bits per heavy atom. The fourth-order valence-electron chi connectivity index (χ4n) is 3.42. The van der Waals surface area contributed by atoms with Crippen molar-refractivity contribution in [2.45, 2.75) is 135 Å². The number of unbranched alkanes of at least 4 members (excludes halogenated alkanes) is 14. The van der Waals surface area contributed by atoms with Crippen molar-refractivity contribution < 1.29 is 15.0 Å². The highest BCUT2D eigenvalue weighted by atomic mass is 16.4. The number of allylic oxidation sites excluding steroid dienone is 2. The molecule has 0 radical (unpaired) electrons. The molecule has 0 fully saturated rings. The molecule has 3 nitrogen and oxygen atoms in total. The molecule has 3 heteroatoms. The van der Waals surface area contributed by atoms with Crippen LogP contribution >= 0.6 is 0 Å². The monoisotopic (exact) mass is 382 g/mol. The van der Waals surface area contributed by atoms with Gasteiger partial charge >= 0.3 is 5.97 Å². The zero-order valence-electron chi connectivity index (χ0n) is 18.0. The normalized spacial score (nSPS) is 12.7. The summed E-state index contributed by atoms with van der Waals surface area (Å²) >= 11 is 0. The Morgan fingerprint density at radius 2 is 1.15 bits per heavy atom. The minimum absolute atomic E-state index is 0.0788. The number of aliphatic carboxylic acids is 1. The van der Waals surface area contributed by atoms with Crippen LogP contribution in [0.5, 0.6) is 0 Å². The average Bonchev–Trinajstić information content (AvgIpc) is 2.65. The standard InChI is InChI=1S/C24H46O3/c1-2-3-4-5-6-7-8-9-10-11-12-13-14-15-16-17-18-19-20-23(25)21-22-24(26)27/h9-10,23,25H,2-8,11-22H2,1H3,(H,26,27)/b10-9-. The Hall–Kier alpha value is -0.830. The molecule has 0 aromatic heterocycles. The van der Waals surface area contributed by atoms with E-state index >= 15 is 0 Å². The van der Waals surface area contributed by atoms with Crippen molar-refractivity contribution in [2.24, 2.45) is 0 Å². The first kappa shape index (κ1) is 26.2. The van der Waals surface area contributed by atoms with Crippen molar-refractivity contribution in [2.75, 3.05) is 0 Å². The molecule has 1 unspecified atom stereocenters. The third-order valence-electron chi connectivity index (χ3n) is 5.24. The van der Waals surface area contributed by atoms with Crippen LogP contribution in [0.2, 0.25) is 0 Å². The number of carbonyl (C=O) groups is 1. The first-order valence-corrected chi connectivity index (χ1v) is 11.7. The first-order chi connectivity index (χ1) is 13.2. The topological polar surface area (TPSA) is 57.5 Å². The summed E-state index contributed by atoms with van der Waals surface area (Å²) in [5.74, 6) is -0.817. The highest BCUT2D eigenvalue weighted by Crippen LogP contribution is 2.13. The zero-order valence-corrected chi connectivity index (χ0v) is 18.0. The van der Waals surface area contributed by atoms with Crippen LogP contribution in [0.1, 0.15) is 129 Å². The maximum absolute atomic E-state index is 10.4. The number of carboxylic acids is 1. The largest absolute Gasteiger partial charge is 0.481 e. The molecular formula is C24H46O3. The molecule has 0 rings (SSSR count). The van der Waals surface area contributed by atoms with Crippen molar-refractivity contribution >= 4 is 5.97 Å². The summed E-state index contributed by atoms with van der Waals surface area (Å²) in [6.45, 7) is 2.27. The summed E-state index contributed by atoms with van der Waals surface area (Å²) in [6, 6.07) is 0. The molecule has 160 valence electrons. The number of aliphatic hydroxyl groups is 1. The summed E-state index contributed by atoms with van der Waals surface area (Å²) in [4.78, 5) is 10.4. The summed E-state index contributed by atoms with van der Waals surface area (Å²) in [5.41, 5.74) is 0. The molecule has 0 saturated carbocycles. The van der Waals surface area contributed by atoms with Crippen molar-refractivity contribution in [1.82, 2.24) is 0 Å². The molecule has 0 aromatic carbocycles. The number of rotatable bonds is 21. The number of aliphatic hydroxyl groups excluding tert-OH is 1. The quantitative estimate of drug-likeness (QED) is 0.160. The van der Waals surface area contributed by atoms with Crippen molar-refractivity contribution in [3.8, 4) is 0 Å². The van der Waals surface area contributed by atoms with E-state index in [0.717, 1.165) is 19.3 Å². The Labute approximate surface area is 168 Å². The van der Waals surface area contributed by atoms with Gasteiger partial charge in [-0.3, -0.25) is 4.79 Å². The van der Waals surface area contributed by atoms with Gasteiger partial charge < -0.3 is 10.2 Å². The van der Waals surface area contributed by atoms with E-state index in [1.165, 1.54) is 89.9 Å². The highest BCUT2D eigenvalue weighted by molar-refractivity contribution is 5.66. The highest BCUT2D eigenvalue weighted by Gasteiger charge is 2.06. The van der Waals surface area contributed by atoms with Crippen molar-refractivity contribution in [1.29, 1.82) is 0 Å². The van der Waals surface area contributed by atoms with Crippen LogP contribution in [0.3, 0.4) is 0 Å². The summed E-state index contributed by atoms with van der Waals surface area (Å²) in [5, 5.41) is 18.2. The SMILES string of the molecule is CCCCCCCC/C=C\CCCCCCCCCCC(O)CCC(=O)O. The molecule has 0 saturated heterocycles. The fourth-order valence-corrected chi connectivity index (χ4v) is 3.42. The lowest BCUT2D eigenvalue weighted by atomic mass is 10.0. The van der Waals surface area contributed by atoms with Gasteiger partial charge in [0.1, 0.15) is 0 Å². The second kappa shape index (κ2) is 21.5. The maximum Gasteiger partial charge on any atom is 0.303 e. The molecule has 2 N–H and O–H groups in total. The van der Waals surface area contributed by atoms with Gasteiger partial charge in [0.05, 0.1) is 6.10 Å². The third-order valence-corrected chi connectivity index (χ3v) is 5.24. The third kappa shape index (κ3) is 23.1. The Bertz CT molecular complexity index is 339. The predicted octanol–water partition coefficient (Wildman–Crippen LogP) is 7.42. The summed E-state index contributed by atoms with van der Waals surface area (Å²) in [6.07, 6.45) is 26.4. The lowest BCUT2D eigenvalue weighted by Crippen LogP contribution is -2.09. The molecular weight excluding hydrogens is 336 g/mol. The van der Waals surface area contributed by atoms with Crippen LogP contribution < -0.4 is 0 Å². The van der Waals surface area contributed by atoms with E-state index in [9.17, 15) is 9.90 Å². The van der Waals surface area contributed by atoms with Crippen LogP contribution in [0.4, 0.5) is 0 Å². The predicted molar refractivity (Wildman–Crippen MR) is 116 cm³/mol. The van der Waals surface area contributed by atoms with Gasteiger partial charge in [0.25, 0.3) is 0 Å². The lowest BCUT2D eigenvalue weighted by Gasteiger charge is -2.08. The Balaban J connectivity index is 3.16. The molecule has 0 spiro atoms. The Kier molecular flexibility index (Phi) is 20.8. The van der Waals surface area contributed by atoms with Gasteiger partial charge in [0.2, 0.25) is 0 Å². The zero-order chi connectivity index (χ0) is 20.0. The fraction of sp³-hybridized carbons (Fsp3) is 0.875. The smallest absolute Gasteiger partial charge is 0.303 e. The molecule has 27 heavy (non-hydrogen) atoms. The Morgan fingerprint density at radius 3 is 1.63 bits per heavy atom. The van der Waals surface area contributed by atoms with E-state index in [1.807, 2.05) is 0 Å². The number of carboxylic acid groups (broad SMARTS) is 1. The van der Waals surface area contributed by atoms with Crippen molar-refractivity contribution in [3.05, 3.63) is 12.2 Å². The first-order valence-electron chi connectivity index (χ1n) is 11.7. The van der Waals surface area contributed by atoms with Crippen LogP contribution in [-0.2, 0) is 4.79 Å². The van der Waals surface area contributed by atoms with Crippen molar-refractivity contribution in [3.63, 3.8) is 0 Å². The average molecular weight is 383 g/mol. The molecule has 0 aliphatic rings. The summed E-state index contributed by atoms with van der Waals surface area (Å²) < 4.78 is 0. The van der Waals surface area contributed by atoms with Gasteiger partial charge in [0, 0.05) is 6.42 Å². The molecule has 0 aliphatic carbocycles. The number of hydrogen-bond acceptors (Lipinski definition) is 2. The maximum atomic E-state index is 10.4. The van der Waals surface area contributed by atoms with E-state index in [4.69, 9.17) is 5.11 Å². The second-order valence-electron chi connectivity index (χ2n) is 8.02. The van der Waals surface area contributed by atoms with Crippen LogP contribution in [0.15, 0.2) is 12.2 Å². The van der Waals surface area contributed by atoms with E-state index in [-0.39, 0.29) is 6.42 Å². The number of hydrogen-bond donors (Lipinski definition) is 2. The van der Waals surface area contributed by atoms with Gasteiger partial charge in [-0.2, -0.15) is 0 Å². The molecule has 0 aliphatic heterocycles. The molecule has 0 aromatic rings. The molecule has 0 heterocycles. The summed E-state index contributed by atoms with van der Waals surface area (Å²) in [7, 11) is 0. The van der Waals surface area contributed by atoms with Gasteiger partial charge in [-0.1, -0.05) is 96.1 Å². The van der Waals surface area contributed by atoms with Crippen LogP contribution in [0.25, 0.3) is 0 Å².